The molecule has 6 nitrogen and oxygen atoms in total. The van der Waals surface area contributed by atoms with Crippen molar-refractivity contribution in [1.29, 1.82) is 0 Å². The summed E-state index contributed by atoms with van der Waals surface area (Å²) in [5, 5.41) is 11.3. The summed E-state index contributed by atoms with van der Waals surface area (Å²) >= 11 is 5.95. The van der Waals surface area contributed by atoms with Gasteiger partial charge in [-0.15, -0.1) is 0 Å². The molecule has 1 aromatic carbocycles. The van der Waals surface area contributed by atoms with Crippen LogP contribution in [0.5, 0.6) is 5.75 Å². The summed E-state index contributed by atoms with van der Waals surface area (Å²) in [6.07, 6.45) is 5.75. The molecule has 2 heterocycles. The molecule has 1 atom stereocenters. The van der Waals surface area contributed by atoms with Crippen molar-refractivity contribution in [2.75, 3.05) is 13.1 Å². The molecule has 1 unspecified atom stereocenters. The normalized spacial score (nSPS) is 17.5. The largest absolute Gasteiger partial charge is 0.477 e. The van der Waals surface area contributed by atoms with Crippen LogP contribution < -0.4 is 15.4 Å². The maximum absolute atomic E-state index is 13.1. The van der Waals surface area contributed by atoms with Crippen molar-refractivity contribution >= 4 is 17.5 Å². The Balaban J connectivity index is 1.63. The van der Waals surface area contributed by atoms with E-state index in [-0.39, 0.29) is 11.9 Å². The molecule has 140 valence electrons. The van der Waals surface area contributed by atoms with Gasteiger partial charge in [-0.3, -0.25) is 9.48 Å². The number of halogens is 1. The smallest absolute Gasteiger partial charge is 0.264 e. The molecule has 0 saturated carbocycles. The highest BCUT2D eigenvalue weighted by Gasteiger charge is 2.42. The van der Waals surface area contributed by atoms with E-state index in [1.54, 1.807) is 30.5 Å². The van der Waals surface area contributed by atoms with Gasteiger partial charge in [0.25, 0.3) is 5.91 Å². The van der Waals surface area contributed by atoms with Gasteiger partial charge in [-0.1, -0.05) is 11.6 Å². The van der Waals surface area contributed by atoms with Crippen molar-refractivity contribution in [3.63, 3.8) is 0 Å². The van der Waals surface area contributed by atoms with E-state index in [0.717, 1.165) is 26.1 Å². The lowest BCUT2D eigenvalue weighted by atomic mass is 9.90. The Morgan fingerprint density at radius 3 is 2.77 bits per heavy atom. The Morgan fingerprint density at radius 2 is 2.12 bits per heavy atom. The number of nitrogens with one attached hydrogen (secondary N) is 2. The van der Waals surface area contributed by atoms with Crippen LogP contribution in [0.3, 0.4) is 0 Å². The van der Waals surface area contributed by atoms with Crippen LogP contribution in [0.4, 0.5) is 0 Å². The first-order valence-electron chi connectivity index (χ1n) is 9.01. The van der Waals surface area contributed by atoms with Gasteiger partial charge >= 0.3 is 0 Å². The summed E-state index contributed by atoms with van der Waals surface area (Å²) in [4.78, 5) is 13.1. The molecular weight excluding hydrogens is 352 g/mol. The lowest BCUT2D eigenvalue weighted by molar-refractivity contribution is -0.140. The van der Waals surface area contributed by atoms with E-state index in [2.05, 4.69) is 15.7 Å². The second-order valence-corrected chi connectivity index (χ2v) is 7.17. The number of nitrogens with zero attached hydrogens (tertiary/aromatic N) is 2. The lowest BCUT2D eigenvalue weighted by Gasteiger charge is -2.37. The molecule has 0 radical (unpaired) electrons. The average Bonchev–Trinajstić information content (AvgIpc) is 3.16. The van der Waals surface area contributed by atoms with Crippen molar-refractivity contribution in [2.24, 2.45) is 0 Å². The Labute approximate surface area is 158 Å². The first-order valence-corrected chi connectivity index (χ1v) is 9.39. The van der Waals surface area contributed by atoms with Crippen molar-refractivity contribution < 1.29 is 9.53 Å². The summed E-state index contributed by atoms with van der Waals surface area (Å²) in [5.74, 6) is 0.609. The molecule has 1 aromatic heterocycles. The van der Waals surface area contributed by atoms with Gasteiger partial charge < -0.3 is 15.4 Å². The zero-order valence-electron chi connectivity index (χ0n) is 15.0. The predicted octanol–water partition coefficient (Wildman–Crippen LogP) is 2.63. The van der Waals surface area contributed by atoms with Gasteiger partial charge in [-0.25, -0.2) is 0 Å². The first kappa shape index (κ1) is 18.7. The number of amides is 1. The number of aromatic nitrogens is 2. The monoisotopic (exact) mass is 376 g/mol. The summed E-state index contributed by atoms with van der Waals surface area (Å²) in [6.45, 7) is 4.28. The van der Waals surface area contributed by atoms with Crippen molar-refractivity contribution in [1.82, 2.24) is 20.4 Å². The minimum absolute atomic E-state index is 0.0345. The summed E-state index contributed by atoms with van der Waals surface area (Å²) in [6, 6.07) is 9.09. The van der Waals surface area contributed by atoms with Crippen LogP contribution in [0, 0.1) is 0 Å². The predicted molar refractivity (Wildman–Crippen MR) is 101 cm³/mol. The van der Waals surface area contributed by atoms with Gasteiger partial charge in [0.2, 0.25) is 0 Å². The van der Waals surface area contributed by atoms with Crippen LogP contribution in [-0.4, -0.2) is 40.4 Å². The van der Waals surface area contributed by atoms with Crippen molar-refractivity contribution in [2.45, 2.75) is 44.4 Å². The second-order valence-electron chi connectivity index (χ2n) is 6.73. The van der Waals surface area contributed by atoms with E-state index in [0.29, 0.717) is 23.6 Å². The molecule has 0 bridgehead atoms. The summed E-state index contributed by atoms with van der Waals surface area (Å²) < 4.78 is 8.05. The van der Waals surface area contributed by atoms with Crippen LogP contribution >= 0.6 is 11.6 Å². The fourth-order valence-electron chi connectivity index (χ4n) is 3.12. The molecule has 1 aliphatic rings. The molecule has 2 N–H and O–H groups in total. The first-order chi connectivity index (χ1) is 12.6. The Bertz CT molecular complexity index is 697. The van der Waals surface area contributed by atoms with Gasteiger partial charge in [0, 0.05) is 42.8 Å². The molecule has 1 amide bonds. The van der Waals surface area contributed by atoms with E-state index in [1.165, 1.54) is 0 Å². The zero-order chi connectivity index (χ0) is 18.4. The molecule has 7 heteroatoms. The van der Waals surface area contributed by atoms with Gasteiger partial charge in [-0.2, -0.15) is 5.10 Å². The molecule has 1 fully saturated rings. The number of carbonyl (C=O) groups excluding carboxylic acids is 1. The van der Waals surface area contributed by atoms with E-state index in [1.807, 2.05) is 23.9 Å². The zero-order valence-corrected chi connectivity index (χ0v) is 15.7. The SMILES string of the molecule is CC(CCn1cccn1)NC(=O)C1(Oc2ccc(Cl)cc2)CCNCC1. The maximum Gasteiger partial charge on any atom is 0.264 e. The summed E-state index contributed by atoms with van der Waals surface area (Å²) in [5.41, 5.74) is -0.848. The Morgan fingerprint density at radius 1 is 1.38 bits per heavy atom. The van der Waals surface area contributed by atoms with Crippen molar-refractivity contribution in [3.05, 3.63) is 47.7 Å². The molecule has 0 spiro atoms. The standard InChI is InChI=1S/C19H25ClN4O2/c1-15(7-14-24-13-2-10-22-24)23-18(25)19(8-11-21-12-9-19)26-17-5-3-16(20)4-6-17/h2-6,10,13,15,21H,7-9,11-12,14H2,1H3,(H,23,25). The van der Waals surface area contributed by atoms with Crippen LogP contribution in [-0.2, 0) is 11.3 Å². The van der Waals surface area contributed by atoms with Crippen LogP contribution in [0.2, 0.25) is 5.02 Å². The number of rotatable bonds is 7. The number of hydrogen-bond donors (Lipinski definition) is 2. The van der Waals surface area contributed by atoms with Crippen LogP contribution in [0.25, 0.3) is 0 Å². The Hall–Kier alpha value is -2.05. The average molecular weight is 377 g/mol. The number of hydrogen-bond acceptors (Lipinski definition) is 4. The third kappa shape index (κ3) is 4.77. The molecule has 1 saturated heterocycles. The summed E-state index contributed by atoms with van der Waals surface area (Å²) in [7, 11) is 0. The molecule has 0 aliphatic carbocycles. The van der Waals surface area contributed by atoms with Gasteiger partial charge in [0.05, 0.1) is 0 Å². The molecule has 26 heavy (non-hydrogen) atoms. The van der Waals surface area contributed by atoms with Crippen molar-refractivity contribution in [3.8, 4) is 5.75 Å². The number of carbonyl (C=O) groups is 1. The maximum atomic E-state index is 13.1. The van der Waals surface area contributed by atoms with E-state index < -0.39 is 5.60 Å². The van der Waals surface area contributed by atoms with E-state index in [9.17, 15) is 4.79 Å². The van der Waals surface area contributed by atoms with Gasteiger partial charge in [0.1, 0.15) is 5.75 Å². The second kappa shape index (κ2) is 8.56. The number of piperidine rings is 1. The quantitative estimate of drug-likeness (QED) is 0.779. The highest BCUT2D eigenvalue weighted by molar-refractivity contribution is 6.30. The fraction of sp³-hybridized carbons (Fsp3) is 0.474. The minimum Gasteiger partial charge on any atom is -0.477 e. The molecule has 2 aromatic rings. The molecule has 3 rings (SSSR count). The third-order valence-corrected chi connectivity index (χ3v) is 4.93. The number of ether oxygens (including phenoxy) is 1. The molecule has 1 aliphatic heterocycles. The highest BCUT2D eigenvalue weighted by atomic mass is 35.5. The third-order valence-electron chi connectivity index (χ3n) is 4.68. The minimum atomic E-state index is -0.848. The number of aryl methyl sites for hydroxylation is 1. The van der Waals surface area contributed by atoms with Gasteiger partial charge in [0.15, 0.2) is 5.60 Å². The highest BCUT2D eigenvalue weighted by Crippen LogP contribution is 2.28. The van der Waals surface area contributed by atoms with Crippen LogP contribution in [0.1, 0.15) is 26.2 Å². The van der Waals surface area contributed by atoms with E-state index in [4.69, 9.17) is 16.3 Å². The topological polar surface area (TPSA) is 68.2 Å². The van der Waals surface area contributed by atoms with E-state index >= 15 is 0 Å². The lowest BCUT2D eigenvalue weighted by Crippen LogP contribution is -2.58. The number of benzene rings is 1. The van der Waals surface area contributed by atoms with Gasteiger partial charge in [-0.05, 0) is 56.8 Å². The fourth-order valence-corrected chi connectivity index (χ4v) is 3.25. The van der Waals surface area contributed by atoms with Crippen LogP contribution in [0.15, 0.2) is 42.7 Å². The Kier molecular flexibility index (Phi) is 6.16. The molecular formula is C19H25ClN4O2.